The molecule has 0 spiro atoms. The van der Waals surface area contributed by atoms with E-state index >= 15 is 0 Å². The first-order valence-electron chi connectivity index (χ1n) is 5.72. The smallest absolute Gasteiger partial charge is 0.190 e. The second-order valence-electron chi connectivity index (χ2n) is 3.90. The van der Waals surface area contributed by atoms with Crippen LogP contribution in [-0.2, 0) is 17.9 Å². The van der Waals surface area contributed by atoms with Gasteiger partial charge in [0.2, 0.25) is 0 Å². The minimum atomic E-state index is 0.499. The number of ether oxygens (including phenoxy) is 1. The van der Waals surface area contributed by atoms with Gasteiger partial charge in [0.05, 0.1) is 12.3 Å². The van der Waals surface area contributed by atoms with Crippen LogP contribution in [0.15, 0.2) is 30.3 Å². The van der Waals surface area contributed by atoms with Gasteiger partial charge < -0.3 is 15.4 Å². The number of aromatic nitrogens is 1. The predicted molar refractivity (Wildman–Crippen MR) is 75.2 cm³/mol. The zero-order valence-corrected chi connectivity index (χ0v) is 11.4. The Morgan fingerprint density at radius 2 is 2.06 bits per heavy atom. The van der Waals surface area contributed by atoms with Gasteiger partial charge in [-0.1, -0.05) is 29.5 Å². The Morgan fingerprint density at radius 1 is 1.33 bits per heavy atom. The molecule has 2 aromatic rings. The Kier molecular flexibility index (Phi) is 4.30. The predicted octanol–water partition coefficient (Wildman–Crippen LogP) is 2.52. The summed E-state index contributed by atoms with van der Waals surface area (Å²) in [7, 11) is 3.67. The van der Waals surface area contributed by atoms with E-state index in [1.807, 2.05) is 25.2 Å². The van der Waals surface area contributed by atoms with Crippen molar-refractivity contribution in [1.82, 2.24) is 4.98 Å². The first-order valence-corrected chi connectivity index (χ1v) is 6.54. The van der Waals surface area contributed by atoms with E-state index in [0.717, 1.165) is 21.4 Å². The fourth-order valence-electron chi connectivity index (χ4n) is 1.68. The van der Waals surface area contributed by atoms with Crippen molar-refractivity contribution in [1.29, 1.82) is 0 Å². The number of hydrogen-bond acceptors (Lipinski definition) is 5. The van der Waals surface area contributed by atoms with Gasteiger partial charge in [0.25, 0.3) is 0 Å². The first-order chi connectivity index (χ1) is 8.76. The quantitative estimate of drug-likeness (QED) is 0.900. The standard InChI is InChI=1S/C13H17N3OS/c1-16(10-6-4-3-5-7-10)13-15-11(9-17-2)12(8-14)18-13/h3-7H,8-9,14H2,1-2H3. The lowest BCUT2D eigenvalue weighted by molar-refractivity contribution is 0.181. The molecule has 0 atom stereocenters. The molecule has 0 aliphatic heterocycles. The molecular formula is C13H17N3OS. The van der Waals surface area contributed by atoms with Gasteiger partial charge in [0, 0.05) is 31.3 Å². The van der Waals surface area contributed by atoms with Crippen LogP contribution in [0.4, 0.5) is 10.8 Å². The van der Waals surface area contributed by atoms with Crippen molar-refractivity contribution < 1.29 is 4.74 Å². The van der Waals surface area contributed by atoms with Crippen LogP contribution in [0.1, 0.15) is 10.6 Å². The van der Waals surface area contributed by atoms with Crippen LogP contribution in [0.5, 0.6) is 0 Å². The Hall–Kier alpha value is -1.43. The minimum absolute atomic E-state index is 0.499. The molecule has 0 aliphatic rings. The van der Waals surface area contributed by atoms with Crippen molar-refractivity contribution >= 4 is 22.2 Å². The maximum atomic E-state index is 5.73. The van der Waals surface area contributed by atoms with E-state index in [1.165, 1.54) is 0 Å². The summed E-state index contributed by atoms with van der Waals surface area (Å²) in [6, 6.07) is 10.1. The summed E-state index contributed by atoms with van der Waals surface area (Å²) in [5, 5.41) is 0.939. The molecular weight excluding hydrogens is 246 g/mol. The molecule has 18 heavy (non-hydrogen) atoms. The Bertz CT molecular complexity index is 498. The van der Waals surface area contributed by atoms with Gasteiger partial charge in [0.1, 0.15) is 0 Å². The van der Waals surface area contributed by atoms with Gasteiger partial charge in [-0.3, -0.25) is 0 Å². The SMILES string of the molecule is COCc1nc(N(C)c2ccccc2)sc1CN. The Morgan fingerprint density at radius 3 is 2.67 bits per heavy atom. The maximum Gasteiger partial charge on any atom is 0.190 e. The normalized spacial score (nSPS) is 10.6. The van der Waals surface area contributed by atoms with Crippen LogP contribution in [0.25, 0.3) is 0 Å². The van der Waals surface area contributed by atoms with Gasteiger partial charge in [-0.15, -0.1) is 0 Å². The van der Waals surface area contributed by atoms with E-state index in [1.54, 1.807) is 18.4 Å². The highest BCUT2D eigenvalue weighted by atomic mass is 32.1. The van der Waals surface area contributed by atoms with Gasteiger partial charge in [0.15, 0.2) is 5.13 Å². The van der Waals surface area contributed by atoms with Crippen molar-refractivity contribution in [2.24, 2.45) is 5.73 Å². The average Bonchev–Trinajstić information content (AvgIpc) is 2.82. The topological polar surface area (TPSA) is 51.4 Å². The number of anilines is 2. The molecule has 0 saturated carbocycles. The molecule has 1 aromatic heterocycles. The van der Waals surface area contributed by atoms with Crippen molar-refractivity contribution in [2.45, 2.75) is 13.2 Å². The maximum absolute atomic E-state index is 5.73. The van der Waals surface area contributed by atoms with Crippen molar-refractivity contribution in [3.8, 4) is 0 Å². The summed E-state index contributed by atoms with van der Waals surface area (Å²) < 4.78 is 5.14. The molecule has 0 fully saturated rings. The van der Waals surface area contributed by atoms with Crippen LogP contribution in [0.3, 0.4) is 0 Å². The van der Waals surface area contributed by atoms with E-state index in [4.69, 9.17) is 10.5 Å². The average molecular weight is 263 g/mol. The molecule has 2 rings (SSSR count). The summed E-state index contributed by atoms with van der Waals surface area (Å²) in [5.74, 6) is 0. The van der Waals surface area contributed by atoms with Crippen molar-refractivity contribution in [2.75, 3.05) is 19.1 Å². The lowest BCUT2D eigenvalue weighted by atomic mass is 10.3. The van der Waals surface area contributed by atoms with E-state index in [9.17, 15) is 0 Å². The molecule has 2 N–H and O–H groups in total. The molecule has 4 nitrogen and oxygen atoms in total. The lowest BCUT2D eigenvalue weighted by Crippen LogP contribution is -2.08. The highest BCUT2D eigenvalue weighted by Crippen LogP contribution is 2.30. The number of para-hydroxylation sites is 1. The van der Waals surface area contributed by atoms with Gasteiger partial charge in [-0.2, -0.15) is 0 Å². The monoisotopic (exact) mass is 263 g/mol. The first kappa shape index (κ1) is 13.0. The van der Waals surface area contributed by atoms with Gasteiger partial charge in [-0.25, -0.2) is 4.98 Å². The second-order valence-corrected chi connectivity index (χ2v) is 4.96. The zero-order valence-electron chi connectivity index (χ0n) is 10.6. The highest BCUT2D eigenvalue weighted by molar-refractivity contribution is 7.15. The molecule has 0 amide bonds. The Balaban J connectivity index is 2.28. The Labute approximate surface area is 111 Å². The molecule has 1 heterocycles. The third-order valence-electron chi connectivity index (χ3n) is 2.66. The molecule has 0 saturated heterocycles. The minimum Gasteiger partial charge on any atom is -0.378 e. The van der Waals surface area contributed by atoms with E-state index < -0.39 is 0 Å². The van der Waals surface area contributed by atoms with E-state index in [-0.39, 0.29) is 0 Å². The summed E-state index contributed by atoms with van der Waals surface area (Å²) >= 11 is 1.61. The molecule has 0 aliphatic carbocycles. The fourth-order valence-corrected chi connectivity index (χ4v) is 2.61. The lowest BCUT2D eigenvalue weighted by Gasteiger charge is -2.15. The van der Waals surface area contributed by atoms with E-state index in [0.29, 0.717) is 13.2 Å². The molecule has 0 unspecified atom stereocenters. The summed E-state index contributed by atoms with van der Waals surface area (Å²) in [6.45, 7) is 1.00. The van der Waals surface area contributed by atoms with Gasteiger partial charge >= 0.3 is 0 Å². The number of rotatable bonds is 5. The van der Waals surface area contributed by atoms with E-state index in [2.05, 4.69) is 22.0 Å². The number of benzene rings is 1. The number of hydrogen-bond donors (Lipinski definition) is 1. The fraction of sp³-hybridized carbons (Fsp3) is 0.308. The van der Waals surface area contributed by atoms with Crippen LogP contribution in [0, 0.1) is 0 Å². The zero-order chi connectivity index (χ0) is 13.0. The third-order valence-corrected chi connectivity index (χ3v) is 3.86. The van der Waals surface area contributed by atoms with Gasteiger partial charge in [-0.05, 0) is 12.1 Å². The summed E-state index contributed by atoms with van der Waals surface area (Å²) in [6.07, 6.45) is 0. The largest absolute Gasteiger partial charge is 0.378 e. The summed E-state index contributed by atoms with van der Waals surface area (Å²) in [4.78, 5) is 7.72. The molecule has 96 valence electrons. The number of nitrogens with zero attached hydrogens (tertiary/aromatic N) is 2. The molecule has 0 radical (unpaired) electrons. The van der Waals surface area contributed by atoms with Crippen molar-refractivity contribution in [3.05, 3.63) is 40.9 Å². The number of nitrogens with two attached hydrogens (primary N) is 1. The highest BCUT2D eigenvalue weighted by Gasteiger charge is 2.13. The van der Waals surface area contributed by atoms with Crippen LogP contribution < -0.4 is 10.6 Å². The summed E-state index contributed by atoms with van der Waals surface area (Å²) in [5.41, 5.74) is 7.77. The molecule has 5 heteroatoms. The number of methoxy groups -OCH3 is 1. The molecule has 1 aromatic carbocycles. The molecule has 0 bridgehead atoms. The second kappa shape index (κ2) is 5.95. The number of thiazole rings is 1. The van der Waals surface area contributed by atoms with Crippen molar-refractivity contribution in [3.63, 3.8) is 0 Å². The van der Waals surface area contributed by atoms with Crippen LogP contribution in [-0.4, -0.2) is 19.1 Å². The third kappa shape index (κ3) is 2.69. The van der Waals surface area contributed by atoms with Crippen LogP contribution >= 0.6 is 11.3 Å². The van der Waals surface area contributed by atoms with Crippen LogP contribution in [0.2, 0.25) is 0 Å².